The average molecular weight is 168 g/mol. The molecule has 0 aromatic heterocycles. The molecule has 1 N–H and O–H groups in total. The second-order valence-electron chi connectivity index (χ2n) is 5.14. The molecule has 1 nitrogen and oxygen atoms in total. The first-order valence-electron chi connectivity index (χ1n) is 4.96. The normalized spacial score (nSPS) is 60.3. The van der Waals surface area contributed by atoms with Crippen LogP contribution in [0.25, 0.3) is 0 Å². The molecule has 0 radical (unpaired) electrons. The molecule has 1 saturated carbocycles. The second kappa shape index (κ2) is 1.91. The van der Waals surface area contributed by atoms with E-state index < -0.39 is 8.32 Å². The van der Waals surface area contributed by atoms with E-state index in [0.717, 1.165) is 17.8 Å². The lowest BCUT2D eigenvalue weighted by Gasteiger charge is -2.52. The molecule has 4 aliphatic rings. The van der Waals surface area contributed by atoms with Crippen molar-refractivity contribution in [1.82, 2.24) is 0 Å². The minimum atomic E-state index is -1.60. The Morgan fingerprint density at radius 2 is 1.18 bits per heavy atom. The fourth-order valence-corrected chi connectivity index (χ4v) is 8.79. The summed E-state index contributed by atoms with van der Waals surface area (Å²) in [6, 6.07) is 3.79. The molecule has 11 heavy (non-hydrogen) atoms. The van der Waals surface area contributed by atoms with Crippen molar-refractivity contribution in [2.75, 3.05) is 0 Å². The van der Waals surface area contributed by atoms with Crippen LogP contribution in [-0.4, -0.2) is 13.1 Å². The summed E-state index contributed by atoms with van der Waals surface area (Å²) in [5, 5.41) is 0. The van der Waals surface area contributed by atoms with Crippen LogP contribution in [0.4, 0.5) is 0 Å². The van der Waals surface area contributed by atoms with Crippen molar-refractivity contribution in [3.05, 3.63) is 0 Å². The van der Waals surface area contributed by atoms with E-state index in [2.05, 4.69) is 0 Å². The van der Waals surface area contributed by atoms with Gasteiger partial charge in [-0.25, -0.2) is 0 Å². The summed E-state index contributed by atoms with van der Waals surface area (Å²) >= 11 is 0. The Labute approximate surface area is 68.9 Å². The molecule has 2 heteroatoms. The topological polar surface area (TPSA) is 20.2 Å². The third-order valence-electron chi connectivity index (χ3n) is 4.01. The molecule has 1 aliphatic carbocycles. The second-order valence-corrected chi connectivity index (χ2v) is 8.82. The minimum absolute atomic E-state index is 0.956. The fourth-order valence-electron chi connectivity index (χ4n) is 4.06. The molecule has 0 amide bonds. The summed E-state index contributed by atoms with van der Waals surface area (Å²) in [6.45, 7) is 0. The molecule has 0 unspecified atom stereocenters. The summed E-state index contributed by atoms with van der Waals surface area (Å²) in [5.74, 6) is 2.87. The van der Waals surface area contributed by atoms with E-state index in [4.69, 9.17) is 0 Å². The number of hydrogen-bond acceptors (Lipinski definition) is 1. The number of rotatable bonds is 0. The lowest BCUT2D eigenvalue weighted by atomic mass is 9.76. The molecular weight excluding hydrogens is 152 g/mol. The molecule has 4 fully saturated rings. The zero-order valence-electron chi connectivity index (χ0n) is 6.92. The monoisotopic (exact) mass is 168 g/mol. The molecule has 62 valence electrons. The highest BCUT2D eigenvalue weighted by atomic mass is 28.4. The van der Waals surface area contributed by atoms with Gasteiger partial charge in [-0.1, -0.05) is 0 Å². The molecule has 4 bridgehead atoms. The predicted octanol–water partition coefficient (Wildman–Crippen LogP) is 1.98. The van der Waals surface area contributed by atoms with Crippen LogP contribution in [0, 0.1) is 17.8 Å². The summed E-state index contributed by atoms with van der Waals surface area (Å²) in [7, 11) is -1.60. The van der Waals surface area contributed by atoms with Gasteiger partial charge in [0.2, 0.25) is 0 Å². The molecular formula is C9H16OSi. The van der Waals surface area contributed by atoms with E-state index in [1.807, 2.05) is 0 Å². The van der Waals surface area contributed by atoms with Crippen molar-refractivity contribution >= 4 is 8.32 Å². The van der Waals surface area contributed by atoms with Gasteiger partial charge in [-0.15, -0.1) is 0 Å². The smallest absolute Gasteiger partial charge is 0.189 e. The lowest BCUT2D eigenvalue weighted by molar-refractivity contribution is 0.166. The maximum atomic E-state index is 10.2. The van der Waals surface area contributed by atoms with Crippen LogP contribution in [-0.2, 0) is 0 Å². The quantitative estimate of drug-likeness (QED) is 0.548. The van der Waals surface area contributed by atoms with E-state index in [9.17, 15) is 4.80 Å². The third kappa shape index (κ3) is 0.921. The first kappa shape index (κ1) is 6.67. The van der Waals surface area contributed by atoms with Gasteiger partial charge in [0.15, 0.2) is 8.32 Å². The van der Waals surface area contributed by atoms with Crippen LogP contribution < -0.4 is 0 Å². The summed E-state index contributed by atoms with van der Waals surface area (Å²) in [4.78, 5) is 10.2. The fraction of sp³-hybridized carbons (Fsp3) is 1.00. The van der Waals surface area contributed by atoms with Crippen molar-refractivity contribution in [1.29, 1.82) is 0 Å². The highest BCUT2D eigenvalue weighted by Gasteiger charge is 2.51. The molecule has 4 rings (SSSR count). The van der Waals surface area contributed by atoms with Gasteiger partial charge in [-0.05, 0) is 55.1 Å². The van der Waals surface area contributed by atoms with Crippen molar-refractivity contribution in [2.45, 2.75) is 37.4 Å². The largest absolute Gasteiger partial charge is 0.432 e. The maximum absolute atomic E-state index is 10.2. The maximum Gasteiger partial charge on any atom is 0.189 e. The van der Waals surface area contributed by atoms with Gasteiger partial charge in [0.1, 0.15) is 0 Å². The molecule has 3 saturated heterocycles. The van der Waals surface area contributed by atoms with Gasteiger partial charge in [0, 0.05) is 0 Å². The summed E-state index contributed by atoms with van der Waals surface area (Å²) in [5.41, 5.74) is 0. The molecule has 3 heterocycles. The van der Waals surface area contributed by atoms with Crippen LogP contribution >= 0.6 is 0 Å². The van der Waals surface area contributed by atoms with Gasteiger partial charge >= 0.3 is 0 Å². The zero-order chi connectivity index (χ0) is 7.47. The highest BCUT2D eigenvalue weighted by Crippen LogP contribution is 2.54. The Bertz CT molecular complexity index is 155. The van der Waals surface area contributed by atoms with Crippen LogP contribution in [0.15, 0.2) is 0 Å². The van der Waals surface area contributed by atoms with Gasteiger partial charge in [-0.3, -0.25) is 0 Å². The van der Waals surface area contributed by atoms with Crippen LogP contribution in [0.2, 0.25) is 18.1 Å². The number of hydrogen-bond donors (Lipinski definition) is 1. The van der Waals surface area contributed by atoms with Gasteiger partial charge in [0.05, 0.1) is 0 Å². The van der Waals surface area contributed by atoms with Gasteiger partial charge < -0.3 is 4.80 Å². The Balaban J connectivity index is 1.94. The van der Waals surface area contributed by atoms with E-state index >= 15 is 0 Å². The molecule has 0 aromatic rings. The van der Waals surface area contributed by atoms with E-state index in [1.165, 1.54) is 37.4 Å². The molecule has 0 atom stereocenters. The third-order valence-corrected chi connectivity index (χ3v) is 8.02. The van der Waals surface area contributed by atoms with Crippen molar-refractivity contribution in [2.24, 2.45) is 17.8 Å². The standard InChI is InChI=1S/C9H16OSi/c10-11-4-7-1-8(5-11)3-9(2-7)6-11/h7-10H,1-6H2. The first-order valence-corrected chi connectivity index (χ1v) is 7.53. The summed E-state index contributed by atoms with van der Waals surface area (Å²) < 4.78 is 0. The predicted molar refractivity (Wildman–Crippen MR) is 46.7 cm³/mol. The van der Waals surface area contributed by atoms with Gasteiger partial charge in [-0.2, -0.15) is 0 Å². The van der Waals surface area contributed by atoms with Gasteiger partial charge in [0.25, 0.3) is 0 Å². The SMILES string of the molecule is O[Si]12CC3CC(CC(C3)C1)C2. The first-order chi connectivity index (χ1) is 5.23. The summed E-state index contributed by atoms with van der Waals surface area (Å²) in [6.07, 6.45) is 4.39. The molecule has 0 aromatic carbocycles. The minimum Gasteiger partial charge on any atom is -0.432 e. The Kier molecular flexibility index (Phi) is 1.16. The van der Waals surface area contributed by atoms with Crippen molar-refractivity contribution in [3.63, 3.8) is 0 Å². The van der Waals surface area contributed by atoms with Crippen molar-refractivity contribution < 1.29 is 4.80 Å². The van der Waals surface area contributed by atoms with Crippen LogP contribution in [0.3, 0.4) is 0 Å². The van der Waals surface area contributed by atoms with E-state index in [1.54, 1.807) is 0 Å². The Morgan fingerprint density at radius 1 is 0.818 bits per heavy atom. The average Bonchev–Trinajstić information content (AvgIpc) is 1.79. The Hall–Kier alpha value is 0.177. The van der Waals surface area contributed by atoms with E-state index in [-0.39, 0.29) is 0 Å². The molecule has 3 aliphatic heterocycles. The van der Waals surface area contributed by atoms with Crippen molar-refractivity contribution in [3.8, 4) is 0 Å². The van der Waals surface area contributed by atoms with Crippen LogP contribution in [0.1, 0.15) is 19.3 Å². The van der Waals surface area contributed by atoms with Crippen LogP contribution in [0.5, 0.6) is 0 Å². The lowest BCUT2D eigenvalue weighted by Crippen LogP contribution is -2.52. The van der Waals surface area contributed by atoms with E-state index in [0.29, 0.717) is 0 Å². The molecule has 0 spiro atoms. The highest BCUT2D eigenvalue weighted by molar-refractivity contribution is 6.73. The Morgan fingerprint density at radius 3 is 1.45 bits per heavy atom. The zero-order valence-corrected chi connectivity index (χ0v) is 7.92.